The Labute approximate surface area is 293 Å². The molecule has 2 saturated heterocycles. The number of H-pyrrole nitrogens is 1. The number of ether oxygens (including phenoxy) is 2. The molecule has 2 fully saturated rings. The minimum absolute atomic E-state index is 0.0190. The number of hydrogen-bond acceptors (Lipinski definition) is 10. The molecule has 3 aliphatic heterocycles. The molecule has 0 spiro atoms. The van der Waals surface area contributed by atoms with Crippen molar-refractivity contribution in [3.8, 4) is 22.6 Å². The third-order valence-electron chi connectivity index (χ3n) is 10.00. The van der Waals surface area contributed by atoms with Crippen molar-refractivity contribution in [2.45, 2.75) is 63.9 Å². The van der Waals surface area contributed by atoms with E-state index >= 15 is 0 Å². The van der Waals surface area contributed by atoms with Crippen LogP contribution < -0.4 is 25.2 Å². The predicted molar refractivity (Wildman–Crippen MR) is 186 cm³/mol. The van der Waals surface area contributed by atoms with Crippen molar-refractivity contribution in [1.82, 2.24) is 30.1 Å². The second-order valence-electron chi connectivity index (χ2n) is 13.3. The molecular weight excluding hydrogens is 671 g/mol. The van der Waals surface area contributed by atoms with Crippen LogP contribution in [0.25, 0.3) is 11.1 Å². The van der Waals surface area contributed by atoms with Gasteiger partial charge in [0.15, 0.2) is 11.5 Å². The molecule has 0 unspecified atom stereocenters. The zero-order chi connectivity index (χ0) is 35.8. The molecule has 3 aliphatic rings. The van der Waals surface area contributed by atoms with Gasteiger partial charge in [-0.1, -0.05) is 6.92 Å². The van der Waals surface area contributed by atoms with Gasteiger partial charge in [0.2, 0.25) is 5.95 Å². The molecule has 270 valence electrons. The zero-order valence-electron chi connectivity index (χ0n) is 29.1. The molecule has 1 atom stereocenters. The van der Waals surface area contributed by atoms with Gasteiger partial charge < -0.3 is 29.6 Å². The van der Waals surface area contributed by atoms with Crippen molar-refractivity contribution in [2.75, 3.05) is 63.5 Å². The molecule has 1 aromatic carbocycles. The summed E-state index contributed by atoms with van der Waals surface area (Å²) in [7, 11) is 0. The Kier molecular flexibility index (Phi) is 10.4. The Morgan fingerprint density at radius 3 is 2.32 bits per heavy atom. The van der Waals surface area contributed by atoms with Crippen LogP contribution in [-0.2, 0) is 6.54 Å². The molecule has 2 N–H and O–H groups in total. The molecule has 2 aromatic heterocycles. The lowest BCUT2D eigenvalue weighted by Crippen LogP contribution is -2.49. The van der Waals surface area contributed by atoms with Gasteiger partial charge in [0, 0.05) is 96.4 Å². The number of pyridine rings is 1. The maximum atomic E-state index is 13.9. The average Bonchev–Trinajstić information content (AvgIpc) is 3.46. The van der Waals surface area contributed by atoms with Gasteiger partial charge in [0.05, 0.1) is 6.54 Å². The van der Waals surface area contributed by atoms with Crippen LogP contribution in [0.5, 0.6) is 11.5 Å². The summed E-state index contributed by atoms with van der Waals surface area (Å²) in [6.45, 7) is 11.6. The van der Waals surface area contributed by atoms with Gasteiger partial charge >= 0.3 is 6.18 Å². The number of halogens is 3. The number of anilines is 1. The molecule has 0 radical (unpaired) electrons. The fraction of sp³-hybridized carbons (Fsp3) is 0.543. The highest BCUT2D eigenvalue weighted by atomic mass is 32.2. The fourth-order valence-electron chi connectivity index (χ4n) is 7.06. The summed E-state index contributed by atoms with van der Waals surface area (Å²) in [5.74, 6) is -0.307. The van der Waals surface area contributed by atoms with Crippen molar-refractivity contribution in [2.24, 2.45) is 5.92 Å². The van der Waals surface area contributed by atoms with E-state index in [2.05, 4.69) is 37.0 Å². The first kappa shape index (κ1) is 36.0. The van der Waals surface area contributed by atoms with E-state index in [0.29, 0.717) is 58.1 Å². The lowest BCUT2D eigenvalue weighted by Gasteiger charge is -2.39. The van der Waals surface area contributed by atoms with Crippen molar-refractivity contribution >= 4 is 23.6 Å². The Hall–Kier alpha value is -3.82. The fourth-order valence-corrected chi connectivity index (χ4v) is 7.76. The number of benzene rings is 1. The summed E-state index contributed by atoms with van der Waals surface area (Å²) < 4.78 is 52.4. The van der Waals surface area contributed by atoms with Gasteiger partial charge in [0.1, 0.15) is 0 Å². The molecule has 15 heteroatoms. The molecule has 0 saturated carbocycles. The average molecular weight is 716 g/mol. The summed E-state index contributed by atoms with van der Waals surface area (Å²) >= 11 is 1.43. The molecule has 5 heterocycles. The summed E-state index contributed by atoms with van der Waals surface area (Å²) in [4.78, 5) is 45.5. The van der Waals surface area contributed by atoms with Gasteiger partial charge in [-0.25, -0.2) is 9.97 Å². The topological polar surface area (TPSA) is 116 Å². The Bertz CT molecular complexity index is 1770. The number of rotatable bonds is 9. The van der Waals surface area contributed by atoms with Crippen LogP contribution in [-0.4, -0.2) is 101 Å². The number of likely N-dealkylation sites (N-methyl/N-ethyl adjacent to an activating group) is 1. The molecule has 1 amide bonds. The van der Waals surface area contributed by atoms with E-state index in [4.69, 9.17) is 9.47 Å². The highest BCUT2D eigenvalue weighted by molar-refractivity contribution is 7.98. The highest BCUT2D eigenvalue weighted by Crippen LogP contribution is 2.52. The SMILES string of the molecule is CCN1CCN(c2ncc(-c3cc(C(=O)NCc4c(SC)cc(C)[nH]c4=O)c(C)c4c3O[C@](C)(C3CCN(CC(F)(F)F)CC3)O4)cn2)CC1. The third kappa shape index (κ3) is 7.59. The van der Waals surface area contributed by atoms with Crippen molar-refractivity contribution in [3.63, 3.8) is 0 Å². The number of aromatic nitrogens is 3. The Balaban J connectivity index is 1.30. The minimum Gasteiger partial charge on any atom is -0.448 e. The molecule has 11 nitrogen and oxygen atoms in total. The van der Waals surface area contributed by atoms with E-state index in [-0.39, 0.29) is 31.1 Å². The van der Waals surface area contributed by atoms with Crippen LogP contribution >= 0.6 is 11.8 Å². The van der Waals surface area contributed by atoms with E-state index in [0.717, 1.165) is 43.3 Å². The molecular formula is C35H44F3N7O4S. The van der Waals surface area contributed by atoms with Gasteiger partial charge in [-0.15, -0.1) is 11.8 Å². The maximum Gasteiger partial charge on any atom is 0.401 e. The lowest BCUT2D eigenvalue weighted by molar-refractivity contribution is -0.159. The van der Waals surface area contributed by atoms with Crippen LogP contribution in [0, 0.1) is 19.8 Å². The number of aromatic amines is 1. The molecule has 3 aromatic rings. The first-order valence-corrected chi connectivity index (χ1v) is 18.2. The second kappa shape index (κ2) is 14.4. The predicted octanol–water partition coefficient (Wildman–Crippen LogP) is 5.00. The number of piperazine rings is 1. The lowest BCUT2D eigenvalue weighted by atomic mass is 9.89. The van der Waals surface area contributed by atoms with Gasteiger partial charge in [-0.3, -0.25) is 14.5 Å². The smallest absolute Gasteiger partial charge is 0.401 e. The third-order valence-corrected chi connectivity index (χ3v) is 10.8. The number of hydrogen-bond donors (Lipinski definition) is 2. The van der Waals surface area contributed by atoms with Crippen molar-refractivity contribution in [3.05, 3.63) is 57.3 Å². The zero-order valence-corrected chi connectivity index (χ0v) is 29.9. The molecule has 6 rings (SSSR count). The van der Waals surface area contributed by atoms with Gasteiger partial charge in [-0.05, 0) is 64.7 Å². The first-order chi connectivity index (χ1) is 23.8. The van der Waals surface area contributed by atoms with Crippen LogP contribution in [0.4, 0.5) is 19.1 Å². The van der Waals surface area contributed by atoms with Crippen LogP contribution in [0.2, 0.25) is 0 Å². The normalized spacial score (nSPS) is 20.4. The standard InChI is InChI=1S/C35H44F3N7O4S/c1-6-43-11-13-45(14-12-43)33-40-17-23(18-41-33)26-16-25(31(46)39-19-27-28(50-5)15-21(2)42-32(27)47)22(3)29-30(26)49-34(4,48-29)24-7-9-44(10-8-24)20-35(36,37)38/h15-18,24H,6-14,19-20H2,1-5H3,(H,39,46)(H,42,47)/t34-/m1/s1. The number of thioether (sulfide) groups is 1. The molecule has 0 aliphatic carbocycles. The van der Waals surface area contributed by atoms with E-state index < -0.39 is 24.4 Å². The number of likely N-dealkylation sites (tertiary alicyclic amines) is 1. The van der Waals surface area contributed by atoms with E-state index in [1.807, 2.05) is 26.2 Å². The molecule has 50 heavy (non-hydrogen) atoms. The number of piperidine rings is 1. The number of alkyl halides is 3. The first-order valence-electron chi connectivity index (χ1n) is 17.0. The second-order valence-corrected chi connectivity index (χ2v) is 14.2. The summed E-state index contributed by atoms with van der Waals surface area (Å²) in [5.41, 5.74) is 3.00. The number of nitrogens with zero attached hydrogens (tertiary/aromatic N) is 5. The maximum absolute atomic E-state index is 13.9. The summed E-state index contributed by atoms with van der Waals surface area (Å²) in [6, 6.07) is 3.61. The van der Waals surface area contributed by atoms with Gasteiger partial charge in [-0.2, -0.15) is 13.2 Å². The minimum atomic E-state index is -4.26. The number of carbonyl (C=O) groups is 1. The highest BCUT2D eigenvalue weighted by Gasteiger charge is 2.48. The van der Waals surface area contributed by atoms with E-state index in [1.165, 1.54) is 16.7 Å². The Morgan fingerprint density at radius 2 is 1.70 bits per heavy atom. The van der Waals surface area contributed by atoms with Crippen LogP contribution in [0.15, 0.2) is 34.2 Å². The summed E-state index contributed by atoms with van der Waals surface area (Å²) in [5, 5.41) is 2.92. The number of nitrogens with one attached hydrogen (secondary N) is 2. The largest absolute Gasteiger partial charge is 0.448 e. The van der Waals surface area contributed by atoms with Crippen molar-refractivity contribution in [1.29, 1.82) is 0 Å². The van der Waals surface area contributed by atoms with Crippen LogP contribution in [0.1, 0.15) is 53.9 Å². The van der Waals surface area contributed by atoms with Crippen LogP contribution in [0.3, 0.4) is 0 Å². The monoisotopic (exact) mass is 715 g/mol. The number of carbonyl (C=O) groups excluding carboxylic acids is 1. The number of amides is 1. The Morgan fingerprint density at radius 1 is 1.04 bits per heavy atom. The quantitative estimate of drug-likeness (QED) is 0.293. The summed E-state index contributed by atoms with van der Waals surface area (Å²) in [6.07, 6.45) is 1.95. The number of aryl methyl sites for hydroxylation is 1. The van der Waals surface area contributed by atoms with Gasteiger partial charge in [0.25, 0.3) is 17.3 Å². The number of fused-ring (bicyclic) bond motifs is 1. The van der Waals surface area contributed by atoms with E-state index in [1.54, 1.807) is 25.4 Å². The molecule has 0 bridgehead atoms. The van der Waals surface area contributed by atoms with E-state index in [9.17, 15) is 22.8 Å². The van der Waals surface area contributed by atoms with Crippen molar-refractivity contribution < 1.29 is 27.4 Å².